The van der Waals surface area contributed by atoms with Gasteiger partial charge in [0.15, 0.2) is 5.90 Å². The van der Waals surface area contributed by atoms with Crippen LogP contribution in [0.25, 0.3) is 0 Å². The summed E-state index contributed by atoms with van der Waals surface area (Å²) in [7, 11) is 0. The van der Waals surface area contributed by atoms with Crippen LogP contribution in [0.5, 0.6) is 0 Å². The highest BCUT2D eigenvalue weighted by molar-refractivity contribution is 5.79. The maximum atomic E-state index is 10.3. The first-order valence-electron chi connectivity index (χ1n) is 3.10. The predicted molar refractivity (Wildman–Crippen MR) is 33.0 cm³/mol. The Bertz CT molecular complexity index is 122. The molecular weight excluding hydrogens is 118 g/mol. The molecule has 0 amide bonds. The van der Waals surface area contributed by atoms with Crippen LogP contribution in [0.3, 0.4) is 0 Å². The van der Waals surface area contributed by atoms with Crippen molar-refractivity contribution < 1.29 is 9.84 Å². The Labute approximate surface area is 54.4 Å². The maximum absolute atomic E-state index is 10.3. The molecular formula is C6H10NO2. The quantitative estimate of drug-likeness (QED) is 0.533. The highest BCUT2D eigenvalue weighted by atomic mass is 16.5. The van der Waals surface area contributed by atoms with Gasteiger partial charge in [0.25, 0.3) is 0 Å². The van der Waals surface area contributed by atoms with Gasteiger partial charge in [0.2, 0.25) is 0 Å². The molecule has 0 aromatic rings. The van der Waals surface area contributed by atoms with Crippen molar-refractivity contribution in [3.05, 3.63) is 0 Å². The van der Waals surface area contributed by atoms with Crippen molar-refractivity contribution in [2.75, 3.05) is 19.8 Å². The van der Waals surface area contributed by atoms with Gasteiger partial charge in [0.05, 0.1) is 19.1 Å². The third-order valence-electron chi connectivity index (χ3n) is 1.28. The SMILES string of the molecule is CC(C[O])C1=NCCO1. The van der Waals surface area contributed by atoms with Gasteiger partial charge in [-0.1, -0.05) is 6.92 Å². The summed E-state index contributed by atoms with van der Waals surface area (Å²) in [6.07, 6.45) is 0. The molecule has 0 bridgehead atoms. The van der Waals surface area contributed by atoms with Crippen LogP contribution in [0, 0.1) is 5.92 Å². The van der Waals surface area contributed by atoms with E-state index >= 15 is 0 Å². The van der Waals surface area contributed by atoms with E-state index in [4.69, 9.17) is 4.74 Å². The normalized spacial score (nSPS) is 20.9. The molecule has 0 saturated heterocycles. The lowest BCUT2D eigenvalue weighted by atomic mass is 10.2. The van der Waals surface area contributed by atoms with E-state index in [0.717, 1.165) is 6.54 Å². The van der Waals surface area contributed by atoms with E-state index in [1.54, 1.807) is 0 Å². The Hall–Kier alpha value is -0.570. The Morgan fingerprint density at radius 1 is 1.89 bits per heavy atom. The maximum Gasteiger partial charge on any atom is 0.188 e. The lowest BCUT2D eigenvalue weighted by Crippen LogP contribution is -2.14. The van der Waals surface area contributed by atoms with Crippen LogP contribution in [0.1, 0.15) is 6.92 Å². The third-order valence-corrected chi connectivity index (χ3v) is 1.28. The van der Waals surface area contributed by atoms with E-state index in [1.165, 1.54) is 0 Å². The Morgan fingerprint density at radius 3 is 3.11 bits per heavy atom. The minimum atomic E-state index is -0.126. The highest BCUT2D eigenvalue weighted by Gasteiger charge is 2.14. The molecule has 0 spiro atoms. The smallest absolute Gasteiger partial charge is 0.188 e. The van der Waals surface area contributed by atoms with Gasteiger partial charge in [-0.2, -0.15) is 0 Å². The second-order valence-electron chi connectivity index (χ2n) is 2.14. The summed E-state index contributed by atoms with van der Waals surface area (Å²) >= 11 is 0. The van der Waals surface area contributed by atoms with Crippen molar-refractivity contribution in [3.63, 3.8) is 0 Å². The predicted octanol–water partition coefficient (Wildman–Crippen LogP) is 0.482. The largest absolute Gasteiger partial charge is 0.479 e. The summed E-state index contributed by atoms with van der Waals surface area (Å²) < 4.78 is 5.06. The van der Waals surface area contributed by atoms with E-state index in [-0.39, 0.29) is 12.5 Å². The second-order valence-corrected chi connectivity index (χ2v) is 2.14. The summed E-state index contributed by atoms with van der Waals surface area (Å²) in [4.78, 5) is 4.00. The van der Waals surface area contributed by atoms with Crippen LogP contribution >= 0.6 is 0 Å². The molecule has 51 valence electrons. The van der Waals surface area contributed by atoms with Crippen LogP contribution in [-0.4, -0.2) is 25.7 Å². The van der Waals surface area contributed by atoms with Gasteiger partial charge in [0.1, 0.15) is 6.61 Å². The molecule has 3 nitrogen and oxygen atoms in total. The Balaban J connectivity index is 2.40. The fourth-order valence-electron chi connectivity index (χ4n) is 0.721. The molecule has 1 radical (unpaired) electrons. The zero-order valence-corrected chi connectivity index (χ0v) is 5.46. The van der Waals surface area contributed by atoms with Gasteiger partial charge in [0, 0.05) is 0 Å². The summed E-state index contributed by atoms with van der Waals surface area (Å²) in [5, 5.41) is 10.3. The molecule has 1 unspecified atom stereocenters. The molecule has 1 aliphatic heterocycles. The number of ether oxygens (including phenoxy) is 1. The molecule has 0 saturated carbocycles. The second kappa shape index (κ2) is 2.82. The molecule has 0 N–H and O–H groups in total. The standard InChI is InChI=1S/C6H10NO2/c1-5(4-8)6-7-2-3-9-6/h5H,2-4H2,1H3. The molecule has 1 aliphatic rings. The van der Waals surface area contributed by atoms with Crippen molar-refractivity contribution >= 4 is 5.90 Å². The van der Waals surface area contributed by atoms with Gasteiger partial charge in [-0.05, 0) is 0 Å². The van der Waals surface area contributed by atoms with Crippen molar-refractivity contribution in [3.8, 4) is 0 Å². The number of aliphatic imine (C=N–C) groups is 1. The van der Waals surface area contributed by atoms with Gasteiger partial charge in [-0.25, -0.2) is 5.11 Å². The van der Waals surface area contributed by atoms with Crippen LogP contribution in [-0.2, 0) is 9.84 Å². The zero-order valence-electron chi connectivity index (χ0n) is 5.46. The van der Waals surface area contributed by atoms with E-state index in [9.17, 15) is 5.11 Å². The lowest BCUT2D eigenvalue weighted by molar-refractivity contribution is 0.163. The average Bonchev–Trinajstić information content (AvgIpc) is 2.37. The van der Waals surface area contributed by atoms with Crippen molar-refractivity contribution in [2.45, 2.75) is 6.92 Å². The number of hydrogen-bond acceptors (Lipinski definition) is 2. The first-order valence-corrected chi connectivity index (χ1v) is 3.10. The van der Waals surface area contributed by atoms with Crippen LogP contribution in [0.15, 0.2) is 4.99 Å². The lowest BCUT2D eigenvalue weighted by Gasteiger charge is -2.04. The van der Waals surface area contributed by atoms with Crippen LogP contribution in [0.2, 0.25) is 0 Å². The zero-order chi connectivity index (χ0) is 6.69. The first kappa shape index (κ1) is 6.55. The molecule has 0 aromatic carbocycles. The Kier molecular flexibility index (Phi) is 2.05. The highest BCUT2D eigenvalue weighted by Crippen LogP contribution is 2.04. The van der Waals surface area contributed by atoms with Crippen molar-refractivity contribution in [1.82, 2.24) is 0 Å². The van der Waals surface area contributed by atoms with Gasteiger partial charge < -0.3 is 4.74 Å². The van der Waals surface area contributed by atoms with E-state index in [2.05, 4.69) is 4.99 Å². The van der Waals surface area contributed by atoms with Gasteiger partial charge >= 0.3 is 0 Å². The number of hydrogen-bond donors (Lipinski definition) is 0. The monoisotopic (exact) mass is 128 g/mol. The molecule has 1 heterocycles. The molecule has 1 rings (SSSR count). The fourth-order valence-corrected chi connectivity index (χ4v) is 0.721. The molecule has 1 atom stereocenters. The minimum absolute atomic E-state index is 0.0347. The molecule has 3 heteroatoms. The van der Waals surface area contributed by atoms with E-state index < -0.39 is 0 Å². The summed E-state index contributed by atoms with van der Waals surface area (Å²) in [6.45, 7) is 3.08. The molecule has 0 fully saturated rings. The van der Waals surface area contributed by atoms with Crippen LogP contribution < -0.4 is 0 Å². The van der Waals surface area contributed by atoms with Gasteiger partial charge in [-0.3, -0.25) is 4.99 Å². The summed E-state index contributed by atoms with van der Waals surface area (Å²) in [6, 6.07) is 0. The first-order chi connectivity index (χ1) is 4.34. The fraction of sp³-hybridized carbons (Fsp3) is 0.833. The number of rotatable bonds is 2. The minimum Gasteiger partial charge on any atom is -0.479 e. The number of nitrogens with zero attached hydrogens (tertiary/aromatic N) is 1. The van der Waals surface area contributed by atoms with E-state index in [1.807, 2.05) is 6.92 Å². The average molecular weight is 128 g/mol. The van der Waals surface area contributed by atoms with Crippen molar-refractivity contribution in [2.24, 2.45) is 10.9 Å². The van der Waals surface area contributed by atoms with Gasteiger partial charge in [-0.15, -0.1) is 0 Å². The van der Waals surface area contributed by atoms with Crippen LogP contribution in [0.4, 0.5) is 0 Å². The molecule has 9 heavy (non-hydrogen) atoms. The Morgan fingerprint density at radius 2 is 2.67 bits per heavy atom. The van der Waals surface area contributed by atoms with Crippen molar-refractivity contribution in [1.29, 1.82) is 0 Å². The van der Waals surface area contributed by atoms with E-state index in [0.29, 0.717) is 12.5 Å². The third kappa shape index (κ3) is 1.42. The topological polar surface area (TPSA) is 41.5 Å². The molecule has 0 aliphatic carbocycles. The summed E-state index contributed by atoms with van der Waals surface area (Å²) in [5.74, 6) is 0.609. The summed E-state index contributed by atoms with van der Waals surface area (Å²) in [5.41, 5.74) is 0. The molecule has 0 aromatic heterocycles.